The molecule has 0 aliphatic carbocycles. The van der Waals surface area contributed by atoms with Gasteiger partial charge in [-0.1, -0.05) is 41.4 Å². The summed E-state index contributed by atoms with van der Waals surface area (Å²) in [5.41, 5.74) is 6.65. The standard InChI is InChI=1S/C23H20ClN3O2/c1-15-5-3-7-19(13-15)23(29)27-26-16(2)18-6-4-8-21(14-18)25-22(28)17-9-11-20(24)12-10-17/h3-14H,1-2H3,(H,25,28)(H,27,29). The molecule has 0 saturated carbocycles. The van der Waals surface area contributed by atoms with Crippen LogP contribution in [0.2, 0.25) is 5.02 Å². The van der Waals surface area contributed by atoms with Crippen molar-refractivity contribution in [2.45, 2.75) is 13.8 Å². The molecule has 0 spiro atoms. The summed E-state index contributed by atoms with van der Waals surface area (Å²) in [7, 11) is 0. The lowest BCUT2D eigenvalue weighted by Gasteiger charge is -2.08. The van der Waals surface area contributed by atoms with Gasteiger partial charge in [-0.3, -0.25) is 9.59 Å². The van der Waals surface area contributed by atoms with Crippen LogP contribution < -0.4 is 10.7 Å². The molecule has 0 aromatic heterocycles. The second kappa shape index (κ2) is 9.17. The molecule has 146 valence electrons. The van der Waals surface area contributed by atoms with Gasteiger partial charge in [-0.25, -0.2) is 5.43 Å². The molecule has 2 N–H and O–H groups in total. The fraction of sp³-hybridized carbons (Fsp3) is 0.0870. The van der Waals surface area contributed by atoms with Gasteiger partial charge < -0.3 is 5.32 Å². The summed E-state index contributed by atoms with van der Waals surface area (Å²) >= 11 is 5.86. The Morgan fingerprint density at radius 1 is 0.828 bits per heavy atom. The Balaban J connectivity index is 1.69. The third-order valence-electron chi connectivity index (χ3n) is 4.25. The molecule has 0 aliphatic heterocycles. The van der Waals surface area contributed by atoms with Crippen molar-refractivity contribution in [3.8, 4) is 0 Å². The second-order valence-electron chi connectivity index (χ2n) is 6.55. The van der Waals surface area contributed by atoms with Crippen molar-refractivity contribution in [2.24, 2.45) is 5.10 Å². The van der Waals surface area contributed by atoms with E-state index in [1.165, 1.54) is 0 Å². The number of carbonyl (C=O) groups is 2. The van der Waals surface area contributed by atoms with Gasteiger partial charge in [-0.05, 0) is 67.9 Å². The predicted octanol–water partition coefficient (Wildman–Crippen LogP) is 5.05. The van der Waals surface area contributed by atoms with Crippen molar-refractivity contribution in [2.75, 3.05) is 5.32 Å². The van der Waals surface area contributed by atoms with Crippen LogP contribution in [0.1, 0.15) is 38.8 Å². The van der Waals surface area contributed by atoms with E-state index in [-0.39, 0.29) is 11.8 Å². The summed E-state index contributed by atoms with van der Waals surface area (Å²) in [4.78, 5) is 24.6. The number of nitrogens with zero attached hydrogens (tertiary/aromatic N) is 1. The summed E-state index contributed by atoms with van der Waals surface area (Å²) in [6.45, 7) is 3.71. The number of aryl methyl sites for hydroxylation is 1. The summed E-state index contributed by atoms with van der Waals surface area (Å²) in [5, 5.41) is 7.60. The first-order chi connectivity index (χ1) is 13.9. The van der Waals surface area contributed by atoms with Gasteiger partial charge in [0.05, 0.1) is 5.71 Å². The van der Waals surface area contributed by atoms with E-state index in [1.54, 1.807) is 55.5 Å². The summed E-state index contributed by atoms with van der Waals surface area (Å²) in [6, 6.07) is 21.2. The smallest absolute Gasteiger partial charge is 0.271 e. The van der Waals surface area contributed by atoms with Gasteiger partial charge in [0.2, 0.25) is 0 Å². The van der Waals surface area contributed by atoms with E-state index in [0.717, 1.165) is 11.1 Å². The number of amides is 2. The van der Waals surface area contributed by atoms with Gasteiger partial charge in [0.1, 0.15) is 0 Å². The molecular formula is C23H20ClN3O2. The maximum atomic E-state index is 12.4. The molecular weight excluding hydrogens is 386 g/mol. The number of carbonyl (C=O) groups excluding carboxylic acids is 2. The predicted molar refractivity (Wildman–Crippen MR) is 117 cm³/mol. The van der Waals surface area contributed by atoms with Gasteiger partial charge in [0.25, 0.3) is 11.8 Å². The first-order valence-corrected chi connectivity index (χ1v) is 9.39. The molecule has 0 radical (unpaired) electrons. The summed E-state index contributed by atoms with van der Waals surface area (Å²) < 4.78 is 0. The van der Waals surface area contributed by atoms with Gasteiger partial charge in [-0.15, -0.1) is 0 Å². The highest BCUT2D eigenvalue weighted by Crippen LogP contribution is 2.15. The summed E-state index contributed by atoms with van der Waals surface area (Å²) in [5.74, 6) is -0.513. The van der Waals surface area contributed by atoms with E-state index >= 15 is 0 Å². The first kappa shape index (κ1) is 20.3. The van der Waals surface area contributed by atoms with E-state index in [1.807, 2.05) is 31.2 Å². The normalized spacial score (nSPS) is 11.1. The maximum Gasteiger partial charge on any atom is 0.271 e. The fourth-order valence-corrected chi connectivity index (χ4v) is 2.80. The van der Waals surface area contributed by atoms with E-state index in [4.69, 9.17) is 11.6 Å². The molecule has 2 amide bonds. The highest BCUT2D eigenvalue weighted by Gasteiger charge is 2.08. The molecule has 0 unspecified atom stereocenters. The average molecular weight is 406 g/mol. The highest BCUT2D eigenvalue weighted by atomic mass is 35.5. The van der Waals surface area contributed by atoms with E-state index in [9.17, 15) is 9.59 Å². The monoisotopic (exact) mass is 405 g/mol. The third-order valence-corrected chi connectivity index (χ3v) is 4.50. The van der Waals surface area contributed by atoms with Crippen LogP contribution in [-0.2, 0) is 0 Å². The highest BCUT2D eigenvalue weighted by molar-refractivity contribution is 6.30. The number of anilines is 1. The number of benzene rings is 3. The largest absolute Gasteiger partial charge is 0.322 e. The average Bonchev–Trinajstić information content (AvgIpc) is 2.72. The molecule has 0 heterocycles. The van der Waals surface area contributed by atoms with Crippen molar-refractivity contribution in [1.29, 1.82) is 0 Å². The fourth-order valence-electron chi connectivity index (χ4n) is 2.68. The topological polar surface area (TPSA) is 70.6 Å². The Morgan fingerprint density at radius 2 is 1.52 bits per heavy atom. The Bertz CT molecular complexity index is 1080. The maximum absolute atomic E-state index is 12.4. The molecule has 6 heteroatoms. The van der Waals surface area contributed by atoms with Crippen molar-refractivity contribution in [3.63, 3.8) is 0 Å². The minimum Gasteiger partial charge on any atom is -0.322 e. The summed E-state index contributed by atoms with van der Waals surface area (Å²) in [6.07, 6.45) is 0. The van der Waals surface area contributed by atoms with E-state index in [2.05, 4.69) is 15.8 Å². The van der Waals surface area contributed by atoms with Gasteiger partial charge in [0.15, 0.2) is 0 Å². The van der Waals surface area contributed by atoms with Gasteiger partial charge >= 0.3 is 0 Å². The van der Waals surface area contributed by atoms with Crippen LogP contribution in [0.5, 0.6) is 0 Å². The molecule has 3 aromatic rings. The van der Waals surface area contributed by atoms with E-state index in [0.29, 0.717) is 27.5 Å². The van der Waals surface area contributed by atoms with Crippen molar-refractivity contribution in [1.82, 2.24) is 5.43 Å². The lowest BCUT2D eigenvalue weighted by atomic mass is 10.1. The van der Waals surface area contributed by atoms with Crippen LogP contribution in [0.3, 0.4) is 0 Å². The van der Waals surface area contributed by atoms with Crippen LogP contribution in [0.25, 0.3) is 0 Å². The minimum atomic E-state index is -0.278. The molecule has 0 atom stereocenters. The lowest BCUT2D eigenvalue weighted by Crippen LogP contribution is -2.19. The molecule has 0 aliphatic rings. The Hall–Kier alpha value is -3.44. The van der Waals surface area contributed by atoms with Crippen molar-refractivity contribution in [3.05, 3.63) is 100 Å². The third kappa shape index (κ3) is 5.53. The first-order valence-electron chi connectivity index (χ1n) is 9.01. The molecule has 0 saturated heterocycles. The number of hydrogen-bond donors (Lipinski definition) is 2. The minimum absolute atomic E-state index is 0.235. The van der Waals surface area contributed by atoms with Gasteiger partial charge in [0, 0.05) is 21.8 Å². The van der Waals surface area contributed by atoms with E-state index < -0.39 is 0 Å². The second-order valence-corrected chi connectivity index (χ2v) is 6.99. The Kier molecular flexibility index (Phi) is 6.42. The number of halogens is 1. The number of hydrazone groups is 1. The number of hydrogen-bond acceptors (Lipinski definition) is 3. The lowest BCUT2D eigenvalue weighted by molar-refractivity contribution is 0.0954. The zero-order chi connectivity index (χ0) is 20.8. The van der Waals surface area contributed by atoms with Crippen LogP contribution in [-0.4, -0.2) is 17.5 Å². The quantitative estimate of drug-likeness (QED) is 0.460. The van der Waals surface area contributed by atoms with Crippen molar-refractivity contribution >= 4 is 34.8 Å². The van der Waals surface area contributed by atoms with Crippen LogP contribution in [0.4, 0.5) is 5.69 Å². The zero-order valence-electron chi connectivity index (χ0n) is 16.1. The van der Waals surface area contributed by atoms with Crippen molar-refractivity contribution < 1.29 is 9.59 Å². The Labute approximate surface area is 174 Å². The number of rotatable bonds is 5. The SMILES string of the molecule is CC(=NNC(=O)c1cccc(C)c1)c1cccc(NC(=O)c2ccc(Cl)cc2)c1. The molecule has 29 heavy (non-hydrogen) atoms. The zero-order valence-corrected chi connectivity index (χ0v) is 16.8. The van der Waals surface area contributed by atoms with Crippen LogP contribution in [0.15, 0.2) is 77.9 Å². The molecule has 5 nitrogen and oxygen atoms in total. The molecule has 0 fully saturated rings. The van der Waals surface area contributed by atoms with Gasteiger partial charge in [-0.2, -0.15) is 5.10 Å². The Morgan fingerprint density at radius 3 is 2.24 bits per heavy atom. The molecule has 3 rings (SSSR count). The molecule has 3 aromatic carbocycles. The molecule has 0 bridgehead atoms. The van der Waals surface area contributed by atoms with Crippen LogP contribution >= 0.6 is 11.6 Å². The number of nitrogens with one attached hydrogen (secondary N) is 2. The van der Waals surface area contributed by atoms with Crippen LogP contribution in [0, 0.1) is 6.92 Å².